The highest BCUT2D eigenvalue weighted by Crippen LogP contribution is 2.42. The van der Waals surface area contributed by atoms with E-state index >= 15 is 0 Å². The average Bonchev–Trinajstić information content (AvgIpc) is 2.55. The Hall–Kier alpha value is -1.64. The third-order valence-electron chi connectivity index (χ3n) is 4.25. The van der Waals surface area contributed by atoms with Gasteiger partial charge in [-0.2, -0.15) is 4.39 Å². The minimum absolute atomic E-state index is 0.0534. The summed E-state index contributed by atoms with van der Waals surface area (Å²) < 4.78 is 44.9. The molecule has 1 fully saturated rings. The summed E-state index contributed by atoms with van der Waals surface area (Å²) in [6.07, 6.45) is 0. The van der Waals surface area contributed by atoms with Crippen LogP contribution in [0.3, 0.4) is 0 Å². The molecule has 2 heterocycles. The van der Waals surface area contributed by atoms with Crippen molar-refractivity contribution in [2.24, 2.45) is 5.41 Å². The van der Waals surface area contributed by atoms with Crippen LogP contribution < -0.4 is 9.62 Å². The van der Waals surface area contributed by atoms with E-state index in [0.717, 1.165) is 6.54 Å². The lowest BCUT2D eigenvalue weighted by Crippen LogP contribution is -2.59. The Morgan fingerprint density at radius 2 is 2.00 bits per heavy atom. The van der Waals surface area contributed by atoms with Gasteiger partial charge >= 0.3 is 0 Å². The van der Waals surface area contributed by atoms with E-state index in [9.17, 15) is 13.2 Å². The molecule has 1 N–H and O–H groups in total. The number of pyridine rings is 1. The second-order valence-electron chi connectivity index (χ2n) is 7.29. The van der Waals surface area contributed by atoms with Crippen LogP contribution in [-0.2, 0) is 0 Å². The molecule has 9 heteroatoms. The van der Waals surface area contributed by atoms with E-state index in [1.807, 2.05) is 19.0 Å². The van der Waals surface area contributed by atoms with Crippen molar-refractivity contribution in [3.63, 3.8) is 0 Å². The molecule has 1 aromatic heterocycles. The first-order valence-corrected chi connectivity index (χ1v) is 9.50. The summed E-state index contributed by atoms with van der Waals surface area (Å²) in [7, 11) is 3.99. The summed E-state index contributed by atoms with van der Waals surface area (Å²) in [5.74, 6) is -2.11. The summed E-state index contributed by atoms with van der Waals surface area (Å²) in [4.78, 5) is 7.26. The molecule has 0 spiro atoms. The van der Waals surface area contributed by atoms with Gasteiger partial charge in [-0.25, -0.2) is 13.8 Å². The van der Waals surface area contributed by atoms with Gasteiger partial charge in [0.25, 0.3) is 0 Å². The normalized spacial score (nSPS) is 15.8. The minimum atomic E-state index is -0.846. The lowest BCUT2D eigenvalue weighted by molar-refractivity contribution is 0.171. The number of benzene rings is 1. The van der Waals surface area contributed by atoms with Gasteiger partial charge in [0.1, 0.15) is 21.6 Å². The molecule has 3 rings (SSSR count). The fourth-order valence-corrected chi connectivity index (χ4v) is 4.36. The fourth-order valence-electron chi connectivity index (χ4n) is 3.37. The molecule has 1 aromatic carbocycles. The maximum absolute atomic E-state index is 14.7. The van der Waals surface area contributed by atoms with E-state index in [-0.39, 0.29) is 21.2 Å². The number of anilines is 2. The average molecular weight is 417 g/mol. The van der Waals surface area contributed by atoms with Crippen molar-refractivity contribution < 1.29 is 13.2 Å². The first kappa shape index (κ1) is 20.1. The third-order valence-corrected chi connectivity index (χ3v) is 5.50. The molecule has 0 unspecified atom stereocenters. The van der Waals surface area contributed by atoms with E-state index in [4.69, 9.17) is 11.6 Å². The summed E-state index contributed by atoms with van der Waals surface area (Å²) in [5, 5.41) is -0.125. The van der Waals surface area contributed by atoms with Crippen LogP contribution in [0.4, 0.5) is 24.7 Å². The minimum Gasteiger partial charge on any atom is -0.369 e. The molecule has 1 saturated heterocycles. The summed E-state index contributed by atoms with van der Waals surface area (Å²) in [5.41, 5.74) is 0.397. The summed E-state index contributed by atoms with van der Waals surface area (Å²) in [6, 6.07) is 5.36. The molecule has 1 aliphatic rings. The highest BCUT2D eigenvalue weighted by atomic mass is 35.5. The molecule has 0 atom stereocenters. The third kappa shape index (κ3) is 4.44. The SMILES string of the molecule is CN(C)CC1(C)CN(c2cc(F)c(SNc3cccc(F)n3)c(F)c2Cl)C1. The molecule has 2 aromatic rings. The Morgan fingerprint density at radius 3 is 2.63 bits per heavy atom. The molecular weight excluding hydrogens is 397 g/mol. The van der Waals surface area contributed by atoms with E-state index in [1.54, 1.807) is 0 Å². The van der Waals surface area contributed by atoms with E-state index < -0.39 is 17.6 Å². The van der Waals surface area contributed by atoms with Crippen molar-refractivity contribution in [3.05, 3.63) is 46.9 Å². The second-order valence-corrected chi connectivity index (χ2v) is 8.48. The number of rotatable bonds is 6. The maximum atomic E-state index is 14.7. The van der Waals surface area contributed by atoms with Crippen LogP contribution in [-0.4, -0.2) is 43.6 Å². The quantitative estimate of drug-likeness (QED) is 0.420. The molecule has 0 amide bonds. The first-order valence-electron chi connectivity index (χ1n) is 8.31. The van der Waals surface area contributed by atoms with Crippen LogP contribution in [0.1, 0.15) is 6.92 Å². The van der Waals surface area contributed by atoms with Gasteiger partial charge in [0.2, 0.25) is 5.95 Å². The predicted octanol–water partition coefficient (Wildman–Crippen LogP) is 4.66. The highest BCUT2D eigenvalue weighted by molar-refractivity contribution is 8.00. The topological polar surface area (TPSA) is 31.4 Å². The van der Waals surface area contributed by atoms with Crippen LogP contribution in [0.5, 0.6) is 0 Å². The molecule has 0 radical (unpaired) electrons. The van der Waals surface area contributed by atoms with Crippen molar-refractivity contribution in [3.8, 4) is 0 Å². The molecule has 4 nitrogen and oxygen atoms in total. The molecule has 1 aliphatic heterocycles. The number of aromatic nitrogens is 1. The fraction of sp³-hybridized carbons (Fsp3) is 0.389. The molecule has 146 valence electrons. The Labute approximate surface area is 165 Å². The van der Waals surface area contributed by atoms with Crippen molar-refractivity contribution in [1.29, 1.82) is 0 Å². The zero-order valence-electron chi connectivity index (χ0n) is 15.2. The van der Waals surface area contributed by atoms with Gasteiger partial charge in [0.15, 0.2) is 5.82 Å². The van der Waals surface area contributed by atoms with Crippen molar-refractivity contribution in [2.75, 3.05) is 43.4 Å². The number of hydrogen-bond donors (Lipinski definition) is 1. The van der Waals surface area contributed by atoms with E-state index in [0.29, 0.717) is 30.7 Å². The number of hydrogen-bond acceptors (Lipinski definition) is 5. The van der Waals surface area contributed by atoms with Crippen LogP contribution in [0.15, 0.2) is 29.2 Å². The number of nitrogens with one attached hydrogen (secondary N) is 1. The molecule has 0 saturated carbocycles. The van der Waals surface area contributed by atoms with Gasteiger partial charge in [-0.05, 0) is 38.2 Å². The van der Waals surface area contributed by atoms with Crippen LogP contribution in [0.25, 0.3) is 0 Å². The highest BCUT2D eigenvalue weighted by Gasteiger charge is 2.40. The standard InChI is InChI=1S/C18H20ClF3N4S/c1-18(8-25(2)3)9-26(10-18)12-7-11(20)17(16(22)15(12)19)27-24-14-6-4-5-13(21)23-14/h4-7H,8-10H2,1-3H3,(H,23,24). The smallest absolute Gasteiger partial charge is 0.214 e. The van der Waals surface area contributed by atoms with Crippen molar-refractivity contribution in [2.45, 2.75) is 11.8 Å². The second kappa shape index (κ2) is 7.77. The lowest BCUT2D eigenvalue weighted by Gasteiger charge is -2.50. The Bertz CT molecular complexity index is 844. The monoisotopic (exact) mass is 416 g/mol. The summed E-state index contributed by atoms with van der Waals surface area (Å²) >= 11 is 6.84. The van der Waals surface area contributed by atoms with E-state index in [2.05, 4.69) is 21.5 Å². The van der Waals surface area contributed by atoms with Crippen molar-refractivity contribution >= 4 is 35.1 Å². The Balaban J connectivity index is 1.75. The van der Waals surface area contributed by atoms with Gasteiger partial charge in [-0.1, -0.05) is 24.6 Å². The van der Waals surface area contributed by atoms with Gasteiger partial charge in [0.05, 0.1) is 5.69 Å². The Kier molecular flexibility index (Phi) is 5.79. The van der Waals surface area contributed by atoms with Gasteiger partial charge < -0.3 is 14.5 Å². The Morgan fingerprint density at radius 1 is 1.30 bits per heavy atom. The molecule has 0 bridgehead atoms. The zero-order chi connectivity index (χ0) is 19.8. The first-order chi connectivity index (χ1) is 12.7. The zero-order valence-corrected chi connectivity index (χ0v) is 16.8. The molecule has 0 aliphatic carbocycles. The van der Waals surface area contributed by atoms with Crippen LogP contribution >= 0.6 is 23.5 Å². The summed E-state index contributed by atoms with van der Waals surface area (Å²) in [6.45, 7) is 4.35. The largest absolute Gasteiger partial charge is 0.369 e. The predicted molar refractivity (Wildman–Crippen MR) is 104 cm³/mol. The molecule has 27 heavy (non-hydrogen) atoms. The lowest BCUT2D eigenvalue weighted by atomic mass is 9.81. The van der Waals surface area contributed by atoms with Gasteiger partial charge in [0, 0.05) is 31.1 Å². The van der Waals surface area contributed by atoms with Gasteiger partial charge in [-0.15, -0.1) is 0 Å². The van der Waals surface area contributed by atoms with Crippen LogP contribution in [0, 0.1) is 23.0 Å². The van der Waals surface area contributed by atoms with E-state index in [1.165, 1.54) is 24.3 Å². The maximum Gasteiger partial charge on any atom is 0.214 e. The molecular formula is C18H20ClF3N4S. The number of nitrogens with zero attached hydrogens (tertiary/aromatic N) is 3. The van der Waals surface area contributed by atoms with Crippen molar-refractivity contribution in [1.82, 2.24) is 9.88 Å². The van der Waals surface area contributed by atoms with Gasteiger partial charge in [-0.3, -0.25) is 0 Å². The number of halogens is 4. The van der Waals surface area contributed by atoms with Crippen LogP contribution in [0.2, 0.25) is 5.02 Å².